The van der Waals surface area contributed by atoms with Gasteiger partial charge in [0.05, 0.1) is 24.5 Å². The van der Waals surface area contributed by atoms with Gasteiger partial charge in [0.2, 0.25) is 0 Å². The predicted molar refractivity (Wildman–Crippen MR) is 215 cm³/mol. The Morgan fingerprint density at radius 2 is 0.963 bits per heavy atom. The van der Waals surface area contributed by atoms with Crippen molar-refractivity contribution >= 4 is 76.1 Å². The molecule has 0 saturated carbocycles. The lowest BCUT2D eigenvalue weighted by Crippen LogP contribution is -2.14. The number of rotatable bonds is 14. The van der Waals surface area contributed by atoms with Crippen LogP contribution < -0.4 is 0 Å². The van der Waals surface area contributed by atoms with E-state index in [0.717, 1.165) is 42.4 Å². The summed E-state index contributed by atoms with van der Waals surface area (Å²) in [7, 11) is 0. The van der Waals surface area contributed by atoms with E-state index in [2.05, 4.69) is 37.7 Å². The van der Waals surface area contributed by atoms with Crippen molar-refractivity contribution in [2.75, 3.05) is 0 Å². The molecule has 4 aromatic heterocycles. The van der Waals surface area contributed by atoms with E-state index in [0.29, 0.717) is 44.8 Å². The van der Waals surface area contributed by atoms with Crippen LogP contribution in [0.1, 0.15) is 73.7 Å². The summed E-state index contributed by atoms with van der Waals surface area (Å²) in [6.45, 7) is 8.96. The fourth-order valence-electron chi connectivity index (χ4n) is 5.55. The van der Waals surface area contributed by atoms with Crippen molar-refractivity contribution in [2.45, 2.75) is 85.7 Å². The quantitative estimate of drug-likeness (QED) is 0.0993. The molecule has 0 N–H and O–H groups in total. The number of halogens is 4. The molecular weight excluding hydrogens is 806 g/mol. The number of pyridine rings is 2. The number of carbonyl (C=O) groups is 1. The minimum absolute atomic E-state index is 0.0657. The molecule has 0 unspecified atom stereocenters. The Labute approximate surface area is 342 Å². The van der Waals surface area contributed by atoms with Gasteiger partial charge in [0.25, 0.3) is 0 Å². The highest BCUT2D eigenvalue weighted by atomic mass is 35.5. The average Bonchev–Trinajstić information content (AvgIpc) is 3.63. The maximum absolute atomic E-state index is 13.3. The number of aromatic nitrogens is 6. The summed E-state index contributed by atoms with van der Waals surface area (Å²) in [5.74, 6) is 1.25. The summed E-state index contributed by atoms with van der Waals surface area (Å²) in [5.41, 5.74) is 3.71. The number of nitrogens with zero attached hydrogens (tertiary/aromatic N) is 6. The SMILES string of the molecule is CC(C)c1nc(COC(=O)OCc2nc(C(C)C)c(Sc3cc(Cl)cc(Cl)c3)n2Cc2ccncc2)n(Cc2ccncc2)c1Sc1cc(Cl)cc(Cl)c1. The molecule has 9 nitrogen and oxygen atoms in total. The van der Waals surface area contributed by atoms with Crippen LogP contribution in [0.2, 0.25) is 20.1 Å². The highest BCUT2D eigenvalue weighted by Gasteiger charge is 2.25. The molecule has 2 aromatic carbocycles. The lowest BCUT2D eigenvalue weighted by molar-refractivity contribution is 0.0398. The van der Waals surface area contributed by atoms with Gasteiger partial charge in [-0.2, -0.15) is 0 Å². The summed E-state index contributed by atoms with van der Waals surface area (Å²) in [4.78, 5) is 33.3. The maximum Gasteiger partial charge on any atom is 0.509 e. The lowest BCUT2D eigenvalue weighted by Gasteiger charge is -2.15. The Kier molecular flexibility index (Phi) is 13.5. The first-order valence-electron chi connectivity index (χ1n) is 17.0. The zero-order valence-electron chi connectivity index (χ0n) is 29.8. The van der Waals surface area contributed by atoms with E-state index in [9.17, 15) is 4.79 Å². The molecule has 0 spiro atoms. The molecule has 15 heteroatoms. The summed E-state index contributed by atoms with van der Waals surface area (Å²) in [5, 5.41) is 3.90. The molecule has 0 bridgehead atoms. The highest BCUT2D eigenvalue weighted by molar-refractivity contribution is 7.99. The second-order valence-corrected chi connectivity index (χ2v) is 16.7. The number of ether oxygens (including phenoxy) is 2. The first-order valence-corrected chi connectivity index (χ1v) is 20.1. The van der Waals surface area contributed by atoms with E-state index in [4.69, 9.17) is 65.8 Å². The van der Waals surface area contributed by atoms with Gasteiger partial charge in [-0.1, -0.05) is 97.6 Å². The summed E-state index contributed by atoms with van der Waals surface area (Å²) < 4.78 is 15.6. The van der Waals surface area contributed by atoms with Crippen molar-refractivity contribution in [3.05, 3.63) is 140 Å². The van der Waals surface area contributed by atoms with E-state index in [1.807, 2.05) is 57.7 Å². The Bertz CT molecular complexity index is 2040. The van der Waals surface area contributed by atoms with Crippen LogP contribution in [-0.2, 0) is 35.8 Å². The Morgan fingerprint density at radius 3 is 1.30 bits per heavy atom. The van der Waals surface area contributed by atoms with Crippen LogP contribution in [0, 0.1) is 0 Å². The van der Waals surface area contributed by atoms with Gasteiger partial charge >= 0.3 is 6.16 Å². The van der Waals surface area contributed by atoms with Crippen molar-refractivity contribution in [3.63, 3.8) is 0 Å². The Morgan fingerprint density at radius 1 is 0.611 bits per heavy atom. The van der Waals surface area contributed by atoms with E-state index >= 15 is 0 Å². The summed E-state index contributed by atoms with van der Waals surface area (Å²) >= 11 is 28.4. The third-order valence-electron chi connectivity index (χ3n) is 8.06. The molecule has 4 heterocycles. The topological polar surface area (TPSA) is 97.0 Å². The van der Waals surface area contributed by atoms with Crippen LogP contribution >= 0.6 is 69.9 Å². The van der Waals surface area contributed by atoms with Gasteiger partial charge in [-0.3, -0.25) is 9.97 Å². The van der Waals surface area contributed by atoms with Gasteiger partial charge in [-0.05, 0) is 83.6 Å². The van der Waals surface area contributed by atoms with Crippen LogP contribution in [0.3, 0.4) is 0 Å². The number of hydrogen-bond acceptors (Lipinski definition) is 9. The first kappa shape index (κ1) is 40.0. The van der Waals surface area contributed by atoms with Crippen LogP contribution in [0.25, 0.3) is 0 Å². The number of carbonyl (C=O) groups excluding carboxylic acids is 1. The fourth-order valence-corrected chi connectivity index (χ4v) is 9.38. The third-order valence-corrected chi connectivity index (χ3v) is 11.1. The van der Waals surface area contributed by atoms with Crippen molar-refractivity contribution < 1.29 is 14.3 Å². The summed E-state index contributed by atoms with van der Waals surface area (Å²) in [6, 6.07) is 18.6. The van der Waals surface area contributed by atoms with Crippen molar-refractivity contribution in [1.29, 1.82) is 0 Å². The second-order valence-electron chi connectivity index (χ2n) is 12.9. The molecular formula is C39H36Cl4N6O3S2. The highest BCUT2D eigenvalue weighted by Crippen LogP contribution is 2.39. The molecule has 54 heavy (non-hydrogen) atoms. The van der Waals surface area contributed by atoms with Crippen LogP contribution in [-0.4, -0.2) is 35.2 Å². The molecule has 0 aliphatic carbocycles. The zero-order chi connectivity index (χ0) is 38.4. The zero-order valence-corrected chi connectivity index (χ0v) is 34.5. The van der Waals surface area contributed by atoms with Crippen LogP contribution in [0.5, 0.6) is 0 Å². The molecule has 6 rings (SSSR count). The van der Waals surface area contributed by atoms with Gasteiger partial charge in [-0.25, -0.2) is 14.8 Å². The molecule has 0 aliphatic rings. The number of benzene rings is 2. The van der Waals surface area contributed by atoms with Crippen LogP contribution in [0.4, 0.5) is 4.79 Å². The predicted octanol–water partition coefficient (Wildman–Crippen LogP) is 12.0. The minimum Gasteiger partial charge on any atom is -0.426 e. The van der Waals surface area contributed by atoms with E-state index in [1.54, 1.807) is 36.9 Å². The Balaban J connectivity index is 1.26. The van der Waals surface area contributed by atoms with Crippen LogP contribution in [0.15, 0.2) is 105 Å². The first-order chi connectivity index (χ1) is 25.9. The molecule has 0 aliphatic heterocycles. The fraction of sp³-hybridized carbons (Fsp3) is 0.256. The second kappa shape index (κ2) is 18.3. The molecule has 0 amide bonds. The van der Waals surface area contributed by atoms with E-state index in [-0.39, 0.29) is 25.0 Å². The largest absolute Gasteiger partial charge is 0.509 e. The standard InChI is InChI=1S/C39H36Cl4N6O3S2/c1-23(2)35-37(53-31-15-27(40)13-28(41)16-31)48(19-25-5-9-44-10-6-25)33(46-35)21-51-39(50)52-22-34-47-36(24(3)4)38(49(34)20-26-7-11-45-12-8-26)54-32-17-29(42)14-30(43)18-32/h5-18,23-24H,19-22H2,1-4H3. The van der Waals surface area contributed by atoms with Gasteiger partial charge in [0.15, 0.2) is 13.2 Å². The van der Waals surface area contributed by atoms with Gasteiger partial charge < -0.3 is 18.6 Å². The maximum atomic E-state index is 13.3. The summed E-state index contributed by atoms with van der Waals surface area (Å²) in [6.07, 6.45) is 6.11. The molecule has 0 radical (unpaired) electrons. The molecule has 280 valence electrons. The monoisotopic (exact) mass is 840 g/mol. The number of imidazole rings is 2. The Hall–Kier alpha value is -3.71. The van der Waals surface area contributed by atoms with Gasteiger partial charge in [0.1, 0.15) is 21.7 Å². The van der Waals surface area contributed by atoms with Crippen molar-refractivity contribution in [1.82, 2.24) is 29.1 Å². The minimum atomic E-state index is -0.851. The normalized spacial score (nSPS) is 11.4. The third kappa shape index (κ3) is 10.3. The van der Waals surface area contributed by atoms with E-state index in [1.165, 1.54) is 23.5 Å². The molecule has 0 saturated heterocycles. The lowest BCUT2D eigenvalue weighted by atomic mass is 10.1. The van der Waals surface area contributed by atoms with Gasteiger partial charge in [-0.15, -0.1) is 0 Å². The van der Waals surface area contributed by atoms with E-state index < -0.39 is 6.16 Å². The smallest absolute Gasteiger partial charge is 0.426 e. The molecule has 0 atom stereocenters. The number of hydrogen-bond donors (Lipinski definition) is 0. The molecule has 6 aromatic rings. The molecule has 0 fully saturated rings. The van der Waals surface area contributed by atoms with Crippen molar-refractivity contribution in [2.24, 2.45) is 0 Å². The van der Waals surface area contributed by atoms with Gasteiger partial charge in [0, 0.05) is 54.7 Å². The van der Waals surface area contributed by atoms with Crippen molar-refractivity contribution in [3.8, 4) is 0 Å². The average molecular weight is 843 g/mol.